The van der Waals surface area contributed by atoms with Crippen LogP contribution in [0.5, 0.6) is 0 Å². The molecule has 2 aromatic rings. The maximum Gasteiger partial charge on any atom is 0.272 e. The summed E-state index contributed by atoms with van der Waals surface area (Å²) >= 11 is 6.30. The van der Waals surface area contributed by atoms with E-state index in [0.29, 0.717) is 43.7 Å². The molecule has 1 aromatic carbocycles. The van der Waals surface area contributed by atoms with Crippen molar-refractivity contribution in [3.63, 3.8) is 0 Å². The minimum absolute atomic E-state index is 0.0103. The van der Waals surface area contributed by atoms with Crippen molar-refractivity contribution in [2.75, 3.05) is 45.3 Å². The smallest absolute Gasteiger partial charge is 0.272 e. The number of aromatic nitrogens is 2. The van der Waals surface area contributed by atoms with Crippen molar-refractivity contribution in [1.82, 2.24) is 30.8 Å². The molecule has 4 N–H and O–H groups in total. The Morgan fingerprint density at radius 3 is 2.44 bits per heavy atom. The van der Waals surface area contributed by atoms with E-state index >= 15 is 0 Å². The van der Waals surface area contributed by atoms with Gasteiger partial charge in [-0.25, -0.2) is 9.97 Å². The van der Waals surface area contributed by atoms with Crippen LogP contribution in [-0.2, 0) is 20.7 Å². The van der Waals surface area contributed by atoms with Gasteiger partial charge < -0.3 is 30.7 Å². The van der Waals surface area contributed by atoms with Crippen molar-refractivity contribution in [3.8, 4) is 0 Å². The van der Waals surface area contributed by atoms with Gasteiger partial charge in [-0.3, -0.25) is 19.3 Å². The maximum atomic E-state index is 14.2. The third-order valence-corrected chi connectivity index (χ3v) is 10.4. The summed E-state index contributed by atoms with van der Waals surface area (Å²) < 4.78 is 5.62. The largest absolute Gasteiger partial charge is 0.390 e. The highest BCUT2D eigenvalue weighted by molar-refractivity contribution is 6.31. The molecule has 2 aliphatic heterocycles. The van der Waals surface area contributed by atoms with Crippen molar-refractivity contribution in [3.05, 3.63) is 52.9 Å². The second-order valence-electron chi connectivity index (χ2n) is 15.5. The van der Waals surface area contributed by atoms with Crippen LogP contribution < -0.4 is 20.9 Å². The molecule has 3 aliphatic rings. The Hall–Kier alpha value is -3.32. The Kier molecular flexibility index (Phi) is 12.7. The summed E-state index contributed by atoms with van der Waals surface area (Å²) in [6.07, 6.45) is 6.65. The molecule has 50 heavy (non-hydrogen) atoms. The first-order chi connectivity index (χ1) is 23.8. The number of amides is 3. The van der Waals surface area contributed by atoms with E-state index in [1.807, 2.05) is 51.1 Å². The second-order valence-corrected chi connectivity index (χ2v) is 15.8. The van der Waals surface area contributed by atoms with E-state index in [1.54, 1.807) is 19.0 Å². The SMILES string of the molecule is CN(C)c1ncc(C(=O)N[C@H](C(=O)N[C@@H](Cc2ccccc2)[C@H](O)CN2C[C@H]3CCCC[C@H]3C[C@H]2C(=O)NC(C)(C)C)[C@H]2CCOC2)nc1Cl. The molecule has 13 heteroatoms. The molecule has 3 amide bonds. The maximum absolute atomic E-state index is 14.2. The molecule has 7 atom stereocenters. The number of piperidine rings is 1. The standard InChI is InChI=1S/C37H54ClN7O5/c1-37(2,3)43-35(48)29-18-24-13-9-10-14-25(24)20-45(29)21-30(46)27(17-23-11-7-6-8-12-23)41-36(49)31(26-15-16-50-22-26)42-34(47)28-19-39-33(44(4)5)32(38)40-28/h6-8,11-12,19,24-27,29-31,46H,9-10,13-18,20-22H2,1-5H3,(H,41,49)(H,42,47)(H,43,48)/t24-,25+,26-,27-,29-,30+,31-/m0/s1. The number of nitrogens with zero attached hydrogens (tertiary/aromatic N) is 4. The lowest BCUT2D eigenvalue weighted by Gasteiger charge is -2.47. The van der Waals surface area contributed by atoms with Gasteiger partial charge in [0, 0.05) is 45.2 Å². The lowest BCUT2D eigenvalue weighted by atomic mass is 9.72. The van der Waals surface area contributed by atoms with Gasteiger partial charge in [-0.1, -0.05) is 61.2 Å². The van der Waals surface area contributed by atoms with Gasteiger partial charge >= 0.3 is 0 Å². The highest BCUT2D eigenvalue weighted by atomic mass is 35.5. The van der Waals surface area contributed by atoms with Crippen molar-refractivity contribution < 1.29 is 24.2 Å². The van der Waals surface area contributed by atoms with Crippen LogP contribution in [0, 0.1) is 17.8 Å². The number of carbonyl (C=O) groups excluding carboxylic acids is 3. The van der Waals surface area contributed by atoms with E-state index < -0.39 is 30.0 Å². The summed E-state index contributed by atoms with van der Waals surface area (Å²) in [7, 11) is 3.55. The van der Waals surface area contributed by atoms with Crippen LogP contribution in [0.4, 0.5) is 5.82 Å². The monoisotopic (exact) mass is 711 g/mol. The second kappa shape index (κ2) is 16.8. The predicted octanol–water partition coefficient (Wildman–Crippen LogP) is 3.21. The van der Waals surface area contributed by atoms with Crippen molar-refractivity contribution >= 4 is 35.1 Å². The van der Waals surface area contributed by atoms with E-state index in [-0.39, 0.29) is 40.8 Å². The number of benzene rings is 1. The van der Waals surface area contributed by atoms with Gasteiger partial charge in [0.2, 0.25) is 11.8 Å². The molecule has 0 spiro atoms. The van der Waals surface area contributed by atoms with E-state index in [9.17, 15) is 19.5 Å². The average Bonchev–Trinajstić information content (AvgIpc) is 3.60. The van der Waals surface area contributed by atoms with Gasteiger partial charge in [-0.05, 0) is 63.9 Å². The van der Waals surface area contributed by atoms with Crippen LogP contribution in [0.15, 0.2) is 36.5 Å². The number of aliphatic hydroxyl groups is 1. The zero-order valence-electron chi connectivity index (χ0n) is 30.0. The van der Waals surface area contributed by atoms with Crippen LogP contribution in [-0.4, -0.2) is 108 Å². The topological polar surface area (TPSA) is 149 Å². The van der Waals surface area contributed by atoms with Gasteiger partial charge in [0.05, 0.1) is 31.0 Å². The molecule has 1 saturated carbocycles. The molecule has 1 aromatic heterocycles. The zero-order valence-corrected chi connectivity index (χ0v) is 30.8. The summed E-state index contributed by atoms with van der Waals surface area (Å²) in [6.45, 7) is 7.66. The average molecular weight is 712 g/mol. The molecule has 0 radical (unpaired) electrons. The highest BCUT2D eigenvalue weighted by Crippen LogP contribution is 2.39. The Morgan fingerprint density at radius 2 is 1.80 bits per heavy atom. The fourth-order valence-corrected chi connectivity index (χ4v) is 7.92. The third kappa shape index (κ3) is 9.92. The normalized spacial score (nSPS) is 24.4. The quantitative estimate of drug-likeness (QED) is 0.261. The Balaban J connectivity index is 1.36. The fraction of sp³-hybridized carbons (Fsp3) is 0.649. The summed E-state index contributed by atoms with van der Waals surface area (Å²) in [5, 5.41) is 21.2. The number of rotatable bonds is 12. The molecule has 2 saturated heterocycles. The molecule has 1 aliphatic carbocycles. The van der Waals surface area contributed by atoms with Crippen molar-refractivity contribution in [2.24, 2.45) is 17.8 Å². The van der Waals surface area contributed by atoms with Gasteiger partial charge in [0.15, 0.2) is 11.0 Å². The van der Waals surface area contributed by atoms with E-state index in [2.05, 4.69) is 30.8 Å². The lowest BCUT2D eigenvalue weighted by Crippen LogP contribution is -2.61. The Morgan fingerprint density at radius 1 is 1.08 bits per heavy atom. The van der Waals surface area contributed by atoms with Crippen LogP contribution in [0.1, 0.15) is 75.3 Å². The van der Waals surface area contributed by atoms with E-state index in [0.717, 1.165) is 31.4 Å². The predicted molar refractivity (Wildman–Crippen MR) is 193 cm³/mol. The fourth-order valence-electron chi connectivity index (χ4n) is 7.62. The van der Waals surface area contributed by atoms with Gasteiger partial charge in [-0.15, -0.1) is 0 Å². The number of likely N-dealkylation sites (tertiary alicyclic amines) is 1. The van der Waals surface area contributed by atoms with E-state index in [1.165, 1.54) is 19.0 Å². The molecule has 274 valence electrons. The minimum atomic E-state index is -0.997. The Labute approximate surface area is 301 Å². The minimum Gasteiger partial charge on any atom is -0.390 e. The molecule has 0 bridgehead atoms. The number of carbonyl (C=O) groups is 3. The number of hydrogen-bond acceptors (Lipinski definition) is 9. The molecule has 12 nitrogen and oxygen atoms in total. The van der Waals surface area contributed by atoms with Crippen LogP contribution >= 0.6 is 11.6 Å². The van der Waals surface area contributed by atoms with Crippen molar-refractivity contribution in [2.45, 2.75) is 95.5 Å². The van der Waals surface area contributed by atoms with E-state index in [4.69, 9.17) is 16.3 Å². The number of anilines is 1. The highest BCUT2D eigenvalue weighted by Gasteiger charge is 2.42. The third-order valence-electron chi connectivity index (χ3n) is 10.2. The first kappa shape index (κ1) is 37.9. The molecule has 3 fully saturated rings. The number of aliphatic hydroxyl groups excluding tert-OH is 1. The molecular formula is C37H54ClN7O5. The van der Waals surface area contributed by atoms with Crippen molar-refractivity contribution in [1.29, 1.82) is 0 Å². The number of nitrogens with one attached hydrogen (secondary N) is 3. The number of halogens is 1. The Bertz CT molecular complexity index is 1470. The van der Waals surface area contributed by atoms with Crippen LogP contribution in [0.2, 0.25) is 5.15 Å². The number of β-amino-alcohol motifs (C(OH)–C–C–N with tert-alkyl or cyclic N) is 1. The number of fused-ring (bicyclic) bond motifs is 1. The van der Waals surface area contributed by atoms with Gasteiger partial charge in [0.1, 0.15) is 11.7 Å². The molecule has 0 unspecified atom stereocenters. The van der Waals surface area contributed by atoms with Crippen LogP contribution in [0.3, 0.4) is 0 Å². The summed E-state index contributed by atoms with van der Waals surface area (Å²) in [4.78, 5) is 53.6. The summed E-state index contributed by atoms with van der Waals surface area (Å²) in [5.41, 5.74) is 0.549. The molecule has 5 rings (SSSR count). The number of hydrogen-bond donors (Lipinski definition) is 4. The zero-order chi connectivity index (χ0) is 36.0. The summed E-state index contributed by atoms with van der Waals surface area (Å²) in [5.74, 6) is 0.0690. The first-order valence-corrected chi connectivity index (χ1v) is 18.3. The lowest BCUT2D eigenvalue weighted by molar-refractivity contribution is -0.133. The number of ether oxygens (including phenoxy) is 1. The van der Waals surface area contributed by atoms with Crippen LogP contribution in [0.25, 0.3) is 0 Å². The summed E-state index contributed by atoms with van der Waals surface area (Å²) in [6, 6.07) is 7.68. The first-order valence-electron chi connectivity index (χ1n) is 18.0. The molecule has 3 heterocycles. The van der Waals surface area contributed by atoms with Gasteiger partial charge in [0.25, 0.3) is 5.91 Å². The van der Waals surface area contributed by atoms with Gasteiger partial charge in [-0.2, -0.15) is 0 Å². The molecular weight excluding hydrogens is 658 g/mol.